The fourth-order valence-electron chi connectivity index (χ4n) is 5.09. The van der Waals surface area contributed by atoms with Gasteiger partial charge < -0.3 is 24.0 Å². The van der Waals surface area contributed by atoms with E-state index < -0.39 is 11.6 Å². The Kier molecular flexibility index (Phi) is 8.66. The number of methoxy groups -OCH3 is 2. The maximum absolute atomic E-state index is 12.8. The lowest BCUT2D eigenvalue weighted by Gasteiger charge is -2.37. The summed E-state index contributed by atoms with van der Waals surface area (Å²) in [7, 11) is 2.98. The van der Waals surface area contributed by atoms with Crippen LogP contribution >= 0.6 is 0 Å². The van der Waals surface area contributed by atoms with Crippen LogP contribution in [0.2, 0.25) is 0 Å². The molecule has 1 fully saturated rings. The molecule has 4 aromatic rings. The number of amides is 1. The Morgan fingerprint density at radius 2 is 1.65 bits per heavy atom. The first-order valence-electron chi connectivity index (χ1n) is 14.2. The Labute approximate surface area is 251 Å². The summed E-state index contributed by atoms with van der Waals surface area (Å²) in [6.07, 6.45) is 4.62. The van der Waals surface area contributed by atoms with Crippen molar-refractivity contribution in [1.82, 2.24) is 19.7 Å². The average molecular weight is 584 g/mol. The summed E-state index contributed by atoms with van der Waals surface area (Å²) in [5, 5.41) is 5.74. The van der Waals surface area contributed by atoms with Crippen molar-refractivity contribution in [3.63, 3.8) is 0 Å². The number of hydrogen-bond acceptors (Lipinski definition) is 8. The standard InChI is InChI=1S/C33H37N5O5/c1-33(2,3)43-32(40)37-19-17-36(18-20-37)30-26(24-9-7-6-8-10-24)21-34-31-29(30)27(15-16-28(39)42-5)35-38(31)22-23-11-13-25(41-4)14-12-23/h6-16,21H,17-20,22H2,1-5H3/b16-15+. The first-order chi connectivity index (χ1) is 20.7. The van der Waals surface area contributed by atoms with Crippen molar-refractivity contribution >= 4 is 34.9 Å². The van der Waals surface area contributed by atoms with Crippen molar-refractivity contribution in [2.45, 2.75) is 32.9 Å². The van der Waals surface area contributed by atoms with Crippen molar-refractivity contribution in [2.24, 2.45) is 0 Å². The number of benzene rings is 2. The van der Waals surface area contributed by atoms with Gasteiger partial charge in [0.1, 0.15) is 11.4 Å². The van der Waals surface area contributed by atoms with Gasteiger partial charge in [-0.25, -0.2) is 19.3 Å². The molecule has 0 aliphatic carbocycles. The van der Waals surface area contributed by atoms with Crippen LogP contribution in [-0.4, -0.2) is 77.7 Å². The number of ether oxygens (including phenoxy) is 3. The predicted octanol–water partition coefficient (Wildman–Crippen LogP) is 5.40. The fourth-order valence-corrected chi connectivity index (χ4v) is 5.09. The zero-order valence-corrected chi connectivity index (χ0v) is 25.2. The highest BCUT2D eigenvalue weighted by molar-refractivity contribution is 6.04. The molecule has 43 heavy (non-hydrogen) atoms. The Bertz CT molecular complexity index is 1620. The second kappa shape index (κ2) is 12.6. The third-order valence-corrected chi connectivity index (χ3v) is 7.16. The van der Waals surface area contributed by atoms with Crippen molar-refractivity contribution in [3.05, 3.63) is 78.1 Å². The second-order valence-corrected chi connectivity index (χ2v) is 11.3. The van der Waals surface area contributed by atoms with E-state index in [1.54, 1.807) is 18.1 Å². The van der Waals surface area contributed by atoms with Gasteiger partial charge >= 0.3 is 12.1 Å². The van der Waals surface area contributed by atoms with Gasteiger partial charge in [0, 0.05) is 44.0 Å². The van der Waals surface area contributed by atoms with E-state index in [1.807, 2.05) is 74.1 Å². The van der Waals surface area contributed by atoms with Crippen molar-refractivity contribution in [1.29, 1.82) is 0 Å². The van der Waals surface area contributed by atoms with Crippen LogP contribution in [-0.2, 0) is 20.8 Å². The van der Waals surface area contributed by atoms with Gasteiger partial charge in [0.2, 0.25) is 0 Å². The van der Waals surface area contributed by atoms with Gasteiger partial charge in [-0.15, -0.1) is 0 Å². The smallest absolute Gasteiger partial charge is 0.410 e. The van der Waals surface area contributed by atoms with Gasteiger partial charge in [0.25, 0.3) is 0 Å². The monoisotopic (exact) mass is 583 g/mol. The number of piperazine rings is 1. The highest BCUT2D eigenvalue weighted by atomic mass is 16.6. The van der Waals surface area contributed by atoms with E-state index in [0.717, 1.165) is 33.5 Å². The van der Waals surface area contributed by atoms with Crippen LogP contribution < -0.4 is 9.64 Å². The molecule has 1 aliphatic rings. The van der Waals surface area contributed by atoms with E-state index in [9.17, 15) is 9.59 Å². The number of anilines is 1. The molecule has 2 aromatic heterocycles. The van der Waals surface area contributed by atoms with E-state index in [2.05, 4.69) is 17.0 Å². The molecule has 0 atom stereocenters. The fraction of sp³-hybridized carbons (Fsp3) is 0.333. The third kappa shape index (κ3) is 6.80. The molecule has 0 spiro atoms. The van der Waals surface area contributed by atoms with Crippen molar-refractivity contribution in [3.8, 4) is 16.9 Å². The summed E-state index contributed by atoms with van der Waals surface area (Å²) in [5.41, 5.74) is 4.64. The molecule has 5 rings (SSSR count). The Morgan fingerprint density at radius 1 is 0.953 bits per heavy atom. The van der Waals surface area contributed by atoms with Crippen LogP contribution in [0.1, 0.15) is 32.0 Å². The summed E-state index contributed by atoms with van der Waals surface area (Å²) < 4.78 is 17.7. The Hall–Kier alpha value is -4.86. The summed E-state index contributed by atoms with van der Waals surface area (Å²) in [4.78, 5) is 33.8. The maximum Gasteiger partial charge on any atom is 0.410 e. The van der Waals surface area contributed by atoms with Crippen molar-refractivity contribution < 1.29 is 23.8 Å². The second-order valence-electron chi connectivity index (χ2n) is 11.3. The summed E-state index contributed by atoms with van der Waals surface area (Å²) in [6, 6.07) is 17.9. The van der Waals surface area contributed by atoms with Gasteiger partial charge in [0.15, 0.2) is 5.65 Å². The first-order valence-corrected chi connectivity index (χ1v) is 14.2. The molecular formula is C33H37N5O5. The molecule has 2 aromatic carbocycles. The van der Waals surface area contributed by atoms with Crippen LogP contribution in [0.5, 0.6) is 5.75 Å². The van der Waals surface area contributed by atoms with Crippen LogP contribution in [0.25, 0.3) is 28.2 Å². The molecule has 0 unspecified atom stereocenters. The Balaban J connectivity index is 1.61. The van der Waals surface area contributed by atoms with E-state index in [4.69, 9.17) is 24.3 Å². The van der Waals surface area contributed by atoms with Gasteiger partial charge in [-0.3, -0.25) is 0 Å². The minimum atomic E-state index is -0.564. The molecular weight excluding hydrogens is 546 g/mol. The van der Waals surface area contributed by atoms with E-state index in [-0.39, 0.29) is 6.09 Å². The summed E-state index contributed by atoms with van der Waals surface area (Å²) in [6.45, 7) is 8.25. The van der Waals surface area contributed by atoms with Crippen LogP contribution in [0, 0.1) is 0 Å². The highest BCUT2D eigenvalue weighted by Gasteiger charge is 2.29. The number of nitrogens with zero attached hydrogens (tertiary/aromatic N) is 5. The maximum atomic E-state index is 12.8. The van der Waals surface area contributed by atoms with E-state index >= 15 is 0 Å². The minimum absolute atomic E-state index is 0.315. The third-order valence-electron chi connectivity index (χ3n) is 7.16. The summed E-state index contributed by atoms with van der Waals surface area (Å²) >= 11 is 0. The lowest BCUT2D eigenvalue weighted by atomic mass is 10.0. The SMILES string of the molecule is COC(=O)/C=C/c1nn(Cc2ccc(OC)cc2)c2ncc(-c3ccccc3)c(N3CCN(C(=O)OC(C)(C)C)CC3)c12. The predicted molar refractivity (Wildman–Crippen MR) is 166 cm³/mol. The molecule has 1 amide bonds. The molecule has 1 aliphatic heterocycles. The quantitative estimate of drug-likeness (QED) is 0.211. The molecule has 0 bridgehead atoms. The van der Waals surface area contributed by atoms with Gasteiger partial charge in [-0.2, -0.15) is 5.10 Å². The molecule has 10 heteroatoms. The number of rotatable bonds is 7. The van der Waals surface area contributed by atoms with Gasteiger partial charge in [-0.05, 0) is 50.1 Å². The minimum Gasteiger partial charge on any atom is -0.497 e. The largest absolute Gasteiger partial charge is 0.497 e. The van der Waals surface area contributed by atoms with Crippen LogP contribution in [0.4, 0.5) is 10.5 Å². The van der Waals surface area contributed by atoms with Crippen LogP contribution in [0.3, 0.4) is 0 Å². The molecule has 1 saturated heterocycles. The number of carbonyl (C=O) groups is 2. The molecule has 224 valence electrons. The van der Waals surface area contributed by atoms with Crippen molar-refractivity contribution in [2.75, 3.05) is 45.3 Å². The normalized spacial score (nSPS) is 13.9. The number of esters is 1. The molecule has 0 saturated carbocycles. The number of pyridine rings is 1. The van der Waals surface area contributed by atoms with E-state index in [1.165, 1.54) is 13.2 Å². The lowest BCUT2D eigenvalue weighted by molar-refractivity contribution is -0.134. The molecule has 10 nitrogen and oxygen atoms in total. The first kappa shape index (κ1) is 29.6. The lowest BCUT2D eigenvalue weighted by Crippen LogP contribution is -2.50. The zero-order valence-electron chi connectivity index (χ0n) is 25.2. The average Bonchev–Trinajstić information content (AvgIpc) is 3.36. The topological polar surface area (TPSA) is 99.0 Å². The van der Waals surface area contributed by atoms with Crippen LogP contribution in [0.15, 0.2) is 66.9 Å². The summed E-state index contributed by atoms with van der Waals surface area (Å²) in [5.74, 6) is 0.298. The molecule has 0 N–H and O–H groups in total. The number of aromatic nitrogens is 3. The molecule has 0 radical (unpaired) electrons. The molecule has 3 heterocycles. The zero-order chi connectivity index (χ0) is 30.6. The van der Waals surface area contributed by atoms with E-state index in [0.29, 0.717) is 44.1 Å². The number of fused-ring (bicyclic) bond motifs is 1. The highest BCUT2D eigenvalue weighted by Crippen LogP contribution is 2.39. The van der Waals surface area contributed by atoms with Gasteiger partial charge in [0.05, 0.1) is 37.5 Å². The number of hydrogen-bond donors (Lipinski definition) is 0. The Morgan fingerprint density at radius 3 is 2.28 bits per heavy atom. The number of carbonyl (C=O) groups excluding carboxylic acids is 2. The van der Waals surface area contributed by atoms with Gasteiger partial charge in [-0.1, -0.05) is 42.5 Å².